The van der Waals surface area contributed by atoms with Crippen LogP contribution in [0.25, 0.3) is 0 Å². The van der Waals surface area contributed by atoms with Gasteiger partial charge >= 0.3 is 12.2 Å². The van der Waals surface area contributed by atoms with Crippen LogP contribution in [0.1, 0.15) is 28.8 Å². The molecule has 1 aliphatic rings. The summed E-state index contributed by atoms with van der Waals surface area (Å²) in [5.74, 6) is 0. The van der Waals surface area contributed by atoms with E-state index in [0.717, 1.165) is 17.7 Å². The first-order valence-electron chi connectivity index (χ1n) is 6.74. The van der Waals surface area contributed by atoms with Gasteiger partial charge in [-0.05, 0) is 23.3 Å². The van der Waals surface area contributed by atoms with Gasteiger partial charge in [-0.3, -0.25) is 0 Å². The highest BCUT2D eigenvalue weighted by Gasteiger charge is 2.35. The average molecular weight is 306 g/mol. The summed E-state index contributed by atoms with van der Waals surface area (Å²) in [6.45, 7) is 0. The molecule has 114 valence electrons. The van der Waals surface area contributed by atoms with Gasteiger partial charge in [0, 0.05) is 0 Å². The number of hydrogen-bond acceptors (Lipinski definition) is 1. The van der Waals surface area contributed by atoms with Gasteiger partial charge in [0.15, 0.2) is 0 Å². The molecule has 0 saturated carbocycles. The van der Waals surface area contributed by atoms with Crippen molar-refractivity contribution in [2.45, 2.75) is 18.3 Å². The second-order valence-corrected chi connectivity index (χ2v) is 5.10. The van der Waals surface area contributed by atoms with Crippen LogP contribution < -0.4 is 10.6 Å². The zero-order chi connectivity index (χ0) is 15.7. The quantitative estimate of drug-likeness (QED) is 0.870. The summed E-state index contributed by atoms with van der Waals surface area (Å²) in [4.78, 5) is 11.6. The molecule has 2 aromatic carbocycles. The van der Waals surface area contributed by atoms with Crippen LogP contribution >= 0.6 is 0 Å². The molecule has 1 saturated heterocycles. The summed E-state index contributed by atoms with van der Waals surface area (Å²) in [5.41, 5.74) is 0.816. The Kier molecular flexibility index (Phi) is 3.52. The van der Waals surface area contributed by atoms with Crippen LogP contribution in [0, 0.1) is 0 Å². The van der Waals surface area contributed by atoms with Gasteiger partial charge < -0.3 is 10.6 Å². The standard InChI is InChI=1S/C16H13F3N2O/c17-16(18,19)12-8-6-11(7-9-12)14-13(20-15(22)21-14)10-4-2-1-3-5-10/h1-9,13-14H,(H2,20,21,22)/t13-,14-/m0/s1. The molecule has 1 aliphatic heterocycles. The van der Waals surface area contributed by atoms with Crippen molar-refractivity contribution in [1.29, 1.82) is 0 Å². The number of nitrogens with one attached hydrogen (secondary N) is 2. The summed E-state index contributed by atoms with van der Waals surface area (Å²) in [6, 6.07) is 13.1. The zero-order valence-corrected chi connectivity index (χ0v) is 11.4. The van der Waals surface area contributed by atoms with Crippen LogP contribution in [0.2, 0.25) is 0 Å². The van der Waals surface area contributed by atoms with Crippen LogP contribution in [0.4, 0.5) is 18.0 Å². The molecule has 0 spiro atoms. The first kappa shape index (κ1) is 14.4. The smallest absolute Gasteiger partial charge is 0.329 e. The van der Waals surface area contributed by atoms with E-state index in [1.54, 1.807) is 0 Å². The van der Waals surface area contributed by atoms with Gasteiger partial charge in [-0.25, -0.2) is 4.79 Å². The fourth-order valence-electron chi connectivity index (χ4n) is 2.58. The molecule has 0 radical (unpaired) electrons. The molecule has 1 fully saturated rings. The van der Waals surface area contributed by atoms with Crippen LogP contribution in [0.15, 0.2) is 54.6 Å². The van der Waals surface area contributed by atoms with E-state index in [2.05, 4.69) is 10.6 Å². The van der Waals surface area contributed by atoms with Crippen LogP contribution in [-0.4, -0.2) is 6.03 Å². The molecule has 0 unspecified atom stereocenters. The number of amides is 2. The number of rotatable bonds is 2. The summed E-state index contributed by atoms with van der Waals surface area (Å²) < 4.78 is 37.9. The van der Waals surface area contributed by atoms with Gasteiger partial charge in [-0.1, -0.05) is 42.5 Å². The minimum atomic E-state index is -4.37. The molecule has 2 atom stereocenters. The van der Waals surface area contributed by atoms with Gasteiger partial charge in [0.25, 0.3) is 0 Å². The lowest BCUT2D eigenvalue weighted by molar-refractivity contribution is -0.137. The third-order valence-electron chi connectivity index (χ3n) is 3.66. The zero-order valence-electron chi connectivity index (χ0n) is 11.4. The number of alkyl halides is 3. The van der Waals surface area contributed by atoms with Crippen LogP contribution in [-0.2, 0) is 6.18 Å². The fraction of sp³-hybridized carbons (Fsp3) is 0.188. The van der Waals surface area contributed by atoms with E-state index in [4.69, 9.17) is 0 Å². The third kappa shape index (κ3) is 2.77. The highest BCUT2D eigenvalue weighted by atomic mass is 19.4. The third-order valence-corrected chi connectivity index (χ3v) is 3.66. The maximum absolute atomic E-state index is 12.6. The van der Waals surface area contributed by atoms with Crippen molar-refractivity contribution < 1.29 is 18.0 Å². The number of urea groups is 1. The highest BCUT2D eigenvalue weighted by Crippen LogP contribution is 2.34. The topological polar surface area (TPSA) is 41.1 Å². The van der Waals surface area contributed by atoms with Gasteiger partial charge in [0.05, 0.1) is 17.6 Å². The van der Waals surface area contributed by atoms with Crippen molar-refractivity contribution in [2.75, 3.05) is 0 Å². The molecule has 22 heavy (non-hydrogen) atoms. The summed E-state index contributed by atoms with van der Waals surface area (Å²) >= 11 is 0. The second kappa shape index (κ2) is 5.36. The van der Waals surface area contributed by atoms with Crippen molar-refractivity contribution in [2.24, 2.45) is 0 Å². The van der Waals surface area contributed by atoms with Gasteiger partial charge in [-0.2, -0.15) is 13.2 Å². The lowest BCUT2D eigenvalue weighted by Crippen LogP contribution is -2.22. The van der Waals surface area contributed by atoms with Gasteiger partial charge in [0.2, 0.25) is 0 Å². The molecule has 2 aromatic rings. The number of halogens is 3. The monoisotopic (exact) mass is 306 g/mol. The minimum Gasteiger partial charge on any atom is -0.329 e. The first-order valence-corrected chi connectivity index (χ1v) is 6.74. The van der Waals surface area contributed by atoms with Crippen LogP contribution in [0.3, 0.4) is 0 Å². The minimum absolute atomic E-state index is 0.314. The highest BCUT2D eigenvalue weighted by molar-refractivity contribution is 5.78. The van der Waals surface area contributed by atoms with E-state index in [-0.39, 0.29) is 12.1 Å². The van der Waals surface area contributed by atoms with Crippen LogP contribution in [0.5, 0.6) is 0 Å². The maximum atomic E-state index is 12.6. The van der Waals surface area contributed by atoms with E-state index in [9.17, 15) is 18.0 Å². The predicted octanol–water partition coefficient (Wildman–Crippen LogP) is 3.80. The lowest BCUT2D eigenvalue weighted by atomic mass is 9.94. The molecule has 0 aromatic heterocycles. The Morgan fingerprint density at radius 3 is 1.77 bits per heavy atom. The van der Waals surface area contributed by atoms with E-state index in [1.165, 1.54) is 12.1 Å². The predicted molar refractivity (Wildman–Crippen MR) is 75.0 cm³/mol. The molecule has 0 aliphatic carbocycles. The molecule has 3 nitrogen and oxygen atoms in total. The van der Waals surface area contributed by atoms with E-state index in [1.807, 2.05) is 30.3 Å². The SMILES string of the molecule is O=C1N[C@@H](c2ccccc2)[C@H](c2ccc(C(F)(F)F)cc2)N1. The number of benzene rings is 2. The summed E-state index contributed by atoms with van der Waals surface area (Å²) in [5, 5.41) is 5.54. The molecule has 2 N–H and O–H groups in total. The Balaban J connectivity index is 1.91. The van der Waals surface area contributed by atoms with Gasteiger partial charge in [-0.15, -0.1) is 0 Å². The van der Waals surface area contributed by atoms with Crippen molar-refractivity contribution in [1.82, 2.24) is 10.6 Å². The maximum Gasteiger partial charge on any atom is 0.416 e. The normalized spacial score (nSPS) is 21.3. The van der Waals surface area contributed by atoms with Gasteiger partial charge in [0.1, 0.15) is 0 Å². The molecular formula is C16H13F3N2O. The lowest BCUT2D eigenvalue weighted by Gasteiger charge is -2.19. The molecular weight excluding hydrogens is 293 g/mol. The Bertz CT molecular complexity index is 668. The Morgan fingerprint density at radius 1 is 0.773 bits per heavy atom. The average Bonchev–Trinajstić information content (AvgIpc) is 2.89. The molecule has 1 heterocycles. The van der Waals surface area contributed by atoms with E-state index in [0.29, 0.717) is 5.56 Å². The summed E-state index contributed by atoms with van der Waals surface area (Å²) in [7, 11) is 0. The van der Waals surface area contributed by atoms with Crippen molar-refractivity contribution >= 4 is 6.03 Å². The number of carbonyl (C=O) groups is 1. The second-order valence-electron chi connectivity index (χ2n) is 5.10. The Hall–Kier alpha value is -2.50. The van der Waals surface area contributed by atoms with Crippen molar-refractivity contribution in [3.8, 4) is 0 Å². The van der Waals surface area contributed by atoms with Crippen molar-refractivity contribution in [3.05, 3.63) is 71.3 Å². The molecule has 3 rings (SSSR count). The van der Waals surface area contributed by atoms with Crippen molar-refractivity contribution in [3.63, 3.8) is 0 Å². The summed E-state index contributed by atoms with van der Waals surface area (Å²) in [6.07, 6.45) is -4.37. The first-order chi connectivity index (χ1) is 10.4. The number of hydrogen-bond donors (Lipinski definition) is 2. The number of carbonyl (C=O) groups excluding carboxylic acids is 1. The Labute approximate surface area is 125 Å². The largest absolute Gasteiger partial charge is 0.416 e. The Morgan fingerprint density at radius 2 is 1.27 bits per heavy atom. The fourth-order valence-corrected chi connectivity index (χ4v) is 2.58. The molecule has 6 heteroatoms. The van der Waals surface area contributed by atoms with E-state index >= 15 is 0 Å². The molecule has 2 amide bonds. The molecule has 0 bridgehead atoms. The van der Waals surface area contributed by atoms with E-state index < -0.39 is 17.8 Å².